The van der Waals surface area contributed by atoms with E-state index in [4.69, 9.17) is 0 Å². The molecule has 122 valence electrons. The number of hydrogen-bond donors (Lipinski definition) is 1. The van der Waals surface area contributed by atoms with E-state index >= 15 is 0 Å². The summed E-state index contributed by atoms with van der Waals surface area (Å²) in [5.41, 5.74) is 0.816. The first-order valence-corrected chi connectivity index (χ1v) is 6.94. The third-order valence-electron chi connectivity index (χ3n) is 3.09. The fourth-order valence-corrected chi connectivity index (χ4v) is 1.99. The van der Waals surface area contributed by atoms with E-state index in [0.29, 0.717) is 17.1 Å². The Morgan fingerprint density at radius 2 is 1.96 bits per heavy atom. The summed E-state index contributed by atoms with van der Waals surface area (Å²) in [6.45, 7) is -2.90. The Morgan fingerprint density at radius 3 is 2.54 bits per heavy atom. The number of anilines is 1. The highest BCUT2D eigenvalue weighted by atomic mass is 19.3. The summed E-state index contributed by atoms with van der Waals surface area (Å²) >= 11 is 0. The highest BCUT2D eigenvalue weighted by Crippen LogP contribution is 2.16. The van der Waals surface area contributed by atoms with Gasteiger partial charge in [-0.05, 0) is 42.5 Å². The van der Waals surface area contributed by atoms with Gasteiger partial charge in [0.1, 0.15) is 5.75 Å². The Kier molecular flexibility index (Phi) is 4.46. The van der Waals surface area contributed by atoms with Gasteiger partial charge in [0.25, 0.3) is 5.91 Å². The van der Waals surface area contributed by atoms with Crippen LogP contribution in [0.15, 0.2) is 61.1 Å². The highest BCUT2D eigenvalue weighted by Gasteiger charge is 2.09. The Bertz CT molecular complexity index is 803. The van der Waals surface area contributed by atoms with Gasteiger partial charge in [-0.15, -0.1) is 0 Å². The number of benzene rings is 1. The molecule has 24 heavy (non-hydrogen) atoms. The molecule has 3 aromatic rings. The number of ether oxygens (including phenoxy) is 1. The SMILES string of the molecule is O=C(Nc1ccc(-n2cccn2)nc1)c1ccc(OC(F)F)cc1. The number of aromatic nitrogens is 3. The second-order valence-electron chi connectivity index (χ2n) is 4.71. The van der Waals surface area contributed by atoms with Crippen LogP contribution in [-0.2, 0) is 0 Å². The molecule has 0 aliphatic carbocycles. The van der Waals surface area contributed by atoms with Crippen molar-refractivity contribution < 1.29 is 18.3 Å². The first kappa shape index (κ1) is 15.6. The van der Waals surface area contributed by atoms with Crippen LogP contribution < -0.4 is 10.1 Å². The minimum absolute atomic E-state index is 0.00760. The minimum atomic E-state index is -2.90. The summed E-state index contributed by atoms with van der Waals surface area (Å²) in [6, 6.07) is 10.6. The zero-order valence-electron chi connectivity index (χ0n) is 12.3. The quantitative estimate of drug-likeness (QED) is 0.780. The normalized spacial score (nSPS) is 10.6. The zero-order chi connectivity index (χ0) is 16.9. The topological polar surface area (TPSA) is 69.0 Å². The van der Waals surface area contributed by atoms with Crippen molar-refractivity contribution in [3.8, 4) is 11.6 Å². The second-order valence-corrected chi connectivity index (χ2v) is 4.71. The third-order valence-corrected chi connectivity index (χ3v) is 3.09. The molecule has 1 amide bonds. The number of alkyl halides is 2. The summed E-state index contributed by atoms with van der Waals surface area (Å²) in [6.07, 6.45) is 4.89. The van der Waals surface area contributed by atoms with Crippen LogP contribution in [0.1, 0.15) is 10.4 Å². The highest BCUT2D eigenvalue weighted by molar-refractivity contribution is 6.04. The number of pyridine rings is 1. The zero-order valence-corrected chi connectivity index (χ0v) is 12.3. The molecule has 0 bridgehead atoms. The fraction of sp³-hybridized carbons (Fsp3) is 0.0625. The molecule has 2 aromatic heterocycles. The lowest BCUT2D eigenvalue weighted by Crippen LogP contribution is -2.12. The minimum Gasteiger partial charge on any atom is -0.435 e. The maximum atomic E-state index is 12.1. The van der Waals surface area contributed by atoms with Gasteiger partial charge in [0.2, 0.25) is 0 Å². The molecular weight excluding hydrogens is 318 g/mol. The molecule has 3 rings (SSSR count). The van der Waals surface area contributed by atoms with Gasteiger partial charge in [0, 0.05) is 18.0 Å². The Morgan fingerprint density at radius 1 is 1.17 bits per heavy atom. The van der Waals surface area contributed by atoms with Gasteiger partial charge in [-0.2, -0.15) is 13.9 Å². The lowest BCUT2D eigenvalue weighted by molar-refractivity contribution is -0.0498. The number of amides is 1. The Hall–Kier alpha value is -3.29. The summed E-state index contributed by atoms with van der Waals surface area (Å²) in [7, 11) is 0. The average molecular weight is 330 g/mol. The number of hydrogen-bond acceptors (Lipinski definition) is 4. The van der Waals surface area contributed by atoms with Gasteiger partial charge in [0.05, 0.1) is 11.9 Å². The van der Waals surface area contributed by atoms with Crippen LogP contribution in [0.25, 0.3) is 5.82 Å². The molecule has 0 atom stereocenters. The van der Waals surface area contributed by atoms with Crippen molar-refractivity contribution in [1.82, 2.24) is 14.8 Å². The van der Waals surface area contributed by atoms with Gasteiger partial charge < -0.3 is 10.1 Å². The molecule has 8 heteroatoms. The maximum Gasteiger partial charge on any atom is 0.387 e. The van der Waals surface area contributed by atoms with E-state index in [0.717, 1.165) is 0 Å². The van der Waals surface area contributed by atoms with Crippen LogP contribution in [0.4, 0.5) is 14.5 Å². The lowest BCUT2D eigenvalue weighted by atomic mass is 10.2. The van der Waals surface area contributed by atoms with Gasteiger partial charge in [0.15, 0.2) is 5.82 Å². The molecule has 0 aliphatic rings. The van der Waals surface area contributed by atoms with E-state index in [-0.39, 0.29) is 11.7 Å². The largest absolute Gasteiger partial charge is 0.435 e. The summed E-state index contributed by atoms with van der Waals surface area (Å²) < 4.78 is 30.0. The third kappa shape index (κ3) is 3.72. The Labute approximate surface area is 135 Å². The number of nitrogens with one attached hydrogen (secondary N) is 1. The van der Waals surface area contributed by atoms with Crippen LogP contribution in [0.2, 0.25) is 0 Å². The van der Waals surface area contributed by atoms with Crippen LogP contribution in [-0.4, -0.2) is 27.3 Å². The molecule has 0 aliphatic heterocycles. The van der Waals surface area contributed by atoms with Crippen molar-refractivity contribution in [1.29, 1.82) is 0 Å². The molecule has 0 unspecified atom stereocenters. The first-order chi connectivity index (χ1) is 11.6. The van der Waals surface area contributed by atoms with Gasteiger partial charge in [-0.25, -0.2) is 9.67 Å². The molecule has 1 N–H and O–H groups in total. The second kappa shape index (κ2) is 6.86. The predicted molar refractivity (Wildman–Crippen MR) is 82.4 cm³/mol. The van der Waals surface area contributed by atoms with Gasteiger partial charge >= 0.3 is 6.61 Å². The van der Waals surface area contributed by atoms with Crippen molar-refractivity contribution in [3.05, 3.63) is 66.6 Å². The van der Waals surface area contributed by atoms with E-state index in [9.17, 15) is 13.6 Å². The van der Waals surface area contributed by atoms with Crippen molar-refractivity contribution >= 4 is 11.6 Å². The number of rotatable bonds is 5. The monoisotopic (exact) mass is 330 g/mol. The molecule has 6 nitrogen and oxygen atoms in total. The Balaban J connectivity index is 1.66. The number of nitrogens with zero attached hydrogens (tertiary/aromatic N) is 3. The van der Waals surface area contributed by atoms with Gasteiger partial charge in [-0.1, -0.05) is 0 Å². The lowest BCUT2D eigenvalue weighted by Gasteiger charge is -2.07. The molecule has 2 heterocycles. The summed E-state index contributed by atoms with van der Waals surface area (Å²) in [5.74, 6) is 0.227. The maximum absolute atomic E-state index is 12.1. The number of carbonyl (C=O) groups excluding carboxylic acids is 1. The van der Waals surface area contributed by atoms with Crippen LogP contribution in [0, 0.1) is 0 Å². The first-order valence-electron chi connectivity index (χ1n) is 6.94. The standard InChI is InChI=1S/C16H12F2N4O2/c17-16(18)24-13-5-2-11(3-6-13)15(23)21-12-4-7-14(19-10-12)22-9-1-8-20-22/h1-10,16H,(H,21,23). The van der Waals surface area contributed by atoms with E-state index in [2.05, 4.69) is 20.1 Å². The van der Waals surface area contributed by atoms with Crippen LogP contribution >= 0.6 is 0 Å². The van der Waals surface area contributed by atoms with E-state index in [1.165, 1.54) is 30.5 Å². The van der Waals surface area contributed by atoms with Crippen molar-refractivity contribution in [2.45, 2.75) is 6.61 Å². The molecule has 0 radical (unpaired) electrons. The van der Waals surface area contributed by atoms with Gasteiger partial charge in [-0.3, -0.25) is 4.79 Å². The summed E-state index contributed by atoms with van der Waals surface area (Å²) in [5, 5.41) is 6.73. The van der Waals surface area contributed by atoms with Crippen molar-refractivity contribution in [3.63, 3.8) is 0 Å². The van der Waals surface area contributed by atoms with Crippen molar-refractivity contribution in [2.75, 3.05) is 5.32 Å². The predicted octanol–water partition coefficient (Wildman–Crippen LogP) is 3.12. The summed E-state index contributed by atoms with van der Waals surface area (Å²) in [4.78, 5) is 16.3. The molecule has 0 saturated heterocycles. The average Bonchev–Trinajstić information content (AvgIpc) is 3.10. The number of carbonyl (C=O) groups is 1. The fourth-order valence-electron chi connectivity index (χ4n) is 1.99. The smallest absolute Gasteiger partial charge is 0.387 e. The van der Waals surface area contributed by atoms with Crippen LogP contribution in [0.5, 0.6) is 5.75 Å². The molecule has 0 saturated carbocycles. The van der Waals surface area contributed by atoms with E-state index < -0.39 is 6.61 Å². The molecule has 1 aromatic carbocycles. The van der Waals surface area contributed by atoms with Crippen molar-refractivity contribution in [2.24, 2.45) is 0 Å². The van der Waals surface area contributed by atoms with Crippen LogP contribution in [0.3, 0.4) is 0 Å². The molecular formula is C16H12F2N4O2. The van der Waals surface area contributed by atoms with E-state index in [1.54, 1.807) is 35.3 Å². The van der Waals surface area contributed by atoms with E-state index in [1.807, 2.05) is 0 Å². The number of halogens is 2. The molecule has 0 spiro atoms. The molecule has 0 fully saturated rings.